The van der Waals surface area contributed by atoms with Gasteiger partial charge in [0.25, 0.3) is 0 Å². The highest BCUT2D eigenvalue weighted by molar-refractivity contribution is 7.15. The maximum Gasteiger partial charge on any atom is 0.406 e. The fraction of sp³-hybridized carbons (Fsp3) is 0.727. The predicted molar refractivity (Wildman–Crippen MR) is 68.2 cm³/mol. The van der Waals surface area contributed by atoms with E-state index in [1.807, 2.05) is 6.92 Å². The lowest BCUT2D eigenvalue weighted by Gasteiger charge is -2.27. The average molecular weight is 281 g/mol. The van der Waals surface area contributed by atoms with Gasteiger partial charge in [-0.1, -0.05) is 0 Å². The van der Waals surface area contributed by atoms with Crippen LogP contribution in [0.4, 0.5) is 18.3 Å². The molecular formula is C11H18F3N3S. The van der Waals surface area contributed by atoms with Crippen molar-refractivity contribution in [2.75, 3.05) is 18.5 Å². The third kappa shape index (κ3) is 4.13. The number of halogens is 3. The lowest BCUT2D eigenvalue weighted by atomic mass is 10.3. The zero-order valence-electron chi connectivity index (χ0n) is 10.9. The Morgan fingerprint density at radius 1 is 1.39 bits per heavy atom. The van der Waals surface area contributed by atoms with Crippen LogP contribution in [0.15, 0.2) is 0 Å². The van der Waals surface area contributed by atoms with Gasteiger partial charge in [0.1, 0.15) is 6.54 Å². The fourth-order valence-corrected chi connectivity index (χ4v) is 2.73. The maximum atomic E-state index is 12.5. The smallest absolute Gasteiger partial charge is 0.337 e. The van der Waals surface area contributed by atoms with E-state index in [0.717, 1.165) is 10.6 Å². The van der Waals surface area contributed by atoms with Crippen LogP contribution in [0, 0.1) is 6.92 Å². The van der Waals surface area contributed by atoms with E-state index in [0.29, 0.717) is 11.7 Å². The standard InChI is InChI=1S/C11H18F3N3S/c1-7(2)17(6-11(12,13)14)10-16-8(3)9(18-10)5-15-4/h7,15H,5-6H2,1-4H3. The van der Waals surface area contributed by atoms with Crippen LogP contribution in [0.1, 0.15) is 24.4 Å². The number of alkyl halides is 3. The number of nitrogens with one attached hydrogen (secondary N) is 1. The van der Waals surface area contributed by atoms with Gasteiger partial charge in [-0.3, -0.25) is 0 Å². The van der Waals surface area contributed by atoms with Gasteiger partial charge in [0.2, 0.25) is 0 Å². The molecule has 0 unspecified atom stereocenters. The van der Waals surface area contributed by atoms with Gasteiger partial charge in [-0.05, 0) is 27.8 Å². The van der Waals surface area contributed by atoms with Crippen molar-refractivity contribution in [1.82, 2.24) is 10.3 Å². The van der Waals surface area contributed by atoms with Crippen molar-refractivity contribution >= 4 is 16.5 Å². The molecule has 0 aromatic carbocycles. The molecule has 0 spiro atoms. The molecule has 18 heavy (non-hydrogen) atoms. The Balaban J connectivity index is 2.96. The van der Waals surface area contributed by atoms with Crippen LogP contribution in [0.2, 0.25) is 0 Å². The van der Waals surface area contributed by atoms with Crippen LogP contribution in [-0.2, 0) is 6.54 Å². The van der Waals surface area contributed by atoms with E-state index in [4.69, 9.17) is 0 Å². The average Bonchev–Trinajstić information content (AvgIpc) is 2.56. The summed E-state index contributed by atoms with van der Waals surface area (Å²) >= 11 is 1.31. The molecule has 0 radical (unpaired) electrons. The van der Waals surface area contributed by atoms with Crippen LogP contribution in [-0.4, -0.2) is 30.8 Å². The number of hydrogen-bond donors (Lipinski definition) is 1. The predicted octanol–water partition coefficient (Wildman–Crippen LogP) is 2.95. The second-order valence-corrected chi connectivity index (χ2v) is 5.43. The number of thiazole rings is 1. The molecule has 1 aromatic heterocycles. The first kappa shape index (κ1) is 15.2. The number of aromatic nitrogens is 1. The molecule has 0 aliphatic carbocycles. The van der Waals surface area contributed by atoms with Crippen LogP contribution in [0.5, 0.6) is 0 Å². The lowest BCUT2D eigenvalue weighted by Crippen LogP contribution is -2.39. The second kappa shape index (κ2) is 5.88. The van der Waals surface area contributed by atoms with Crippen molar-refractivity contribution in [3.05, 3.63) is 10.6 Å². The molecule has 0 amide bonds. The molecule has 1 N–H and O–H groups in total. The molecule has 0 aliphatic rings. The van der Waals surface area contributed by atoms with E-state index in [9.17, 15) is 13.2 Å². The number of aryl methyl sites for hydroxylation is 1. The molecule has 1 aromatic rings. The Kier molecular flexibility index (Phi) is 4.98. The molecule has 7 heteroatoms. The van der Waals surface area contributed by atoms with E-state index in [1.54, 1.807) is 20.9 Å². The third-order valence-corrected chi connectivity index (χ3v) is 3.63. The summed E-state index contributed by atoms with van der Waals surface area (Å²) in [6.45, 7) is 4.96. The summed E-state index contributed by atoms with van der Waals surface area (Å²) in [7, 11) is 1.80. The summed E-state index contributed by atoms with van der Waals surface area (Å²) in [6, 6.07) is -0.236. The van der Waals surface area contributed by atoms with Gasteiger partial charge in [-0.25, -0.2) is 4.98 Å². The Morgan fingerprint density at radius 2 is 2.00 bits per heavy atom. The highest BCUT2D eigenvalue weighted by Crippen LogP contribution is 2.30. The molecular weight excluding hydrogens is 263 g/mol. The largest absolute Gasteiger partial charge is 0.406 e. The lowest BCUT2D eigenvalue weighted by molar-refractivity contribution is -0.120. The SMILES string of the molecule is CNCc1sc(N(CC(F)(F)F)C(C)C)nc1C. The van der Waals surface area contributed by atoms with E-state index in [1.165, 1.54) is 16.2 Å². The zero-order chi connectivity index (χ0) is 13.9. The van der Waals surface area contributed by atoms with E-state index in [2.05, 4.69) is 10.3 Å². The normalized spacial score (nSPS) is 12.2. The minimum Gasteiger partial charge on any atom is -0.337 e. The molecule has 104 valence electrons. The molecule has 0 saturated carbocycles. The van der Waals surface area contributed by atoms with Gasteiger partial charge in [0.05, 0.1) is 5.69 Å². The summed E-state index contributed by atoms with van der Waals surface area (Å²) in [6.07, 6.45) is -4.22. The topological polar surface area (TPSA) is 28.2 Å². The van der Waals surface area contributed by atoms with Gasteiger partial charge >= 0.3 is 6.18 Å². The third-order valence-electron chi connectivity index (χ3n) is 2.44. The first-order valence-corrected chi connectivity index (χ1v) is 6.50. The number of hydrogen-bond acceptors (Lipinski definition) is 4. The molecule has 1 heterocycles. The second-order valence-electron chi connectivity index (χ2n) is 4.37. The van der Waals surface area contributed by atoms with E-state index < -0.39 is 12.7 Å². The van der Waals surface area contributed by atoms with E-state index >= 15 is 0 Å². The van der Waals surface area contributed by atoms with Crippen LogP contribution < -0.4 is 10.2 Å². The Labute approximate surface area is 109 Å². The van der Waals surface area contributed by atoms with Crippen molar-refractivity contribution in [1.29, 1.82) is 0 Å². The van der Waals surface area contributed by atoms with Crippen molar-refractivity contribution in [2.24, 2.45) is 0 Å². The van der Waals surface area contributed by atoms with Gasteiger partial charge in [-0.15, -0.1) is 11.3 Å². The fourth-order valence-electron chi connectivity index (χ4n) is 1.52. The first-order chi connectivity index (χ1) is 8.24. The summed E-state index contributed by atoms with van der Waals surface area (Å²) in [5, 5.41) is 3.42. The molecule has 0 saturated heterocycles. The minimum absolute atomic E-state index is 0.236. The Hall–Kier alpha value is -0.820. The highest BCUT2D eigenvalue weighted by Gasteiger charge is 2.33. The Morgan fingerprint density at radius 3 is 2.44 bits per heavy atom. The van der Waals surface area contributed by atoms with Crippen LogP contribution in [0.25, 0.3) is 0 Å². The Bertz CT molecular complexity index is 387. The van der Waals surface area contributed by atoms with Crippen LogP contribution in [0.3, 0.4) is 0 Å². The number of anilines is 1. The minimum atomic E-state index is -4.22. The van der Waals surface area contributed by atoms with Crippen molar-refractivity contribution in [3.63, 3.8) is 0 Å². The molecule has 0 atom stereocenters. The van der Waals surface area contributed by atoms with Crippen LogP contribution >= 0.6 is 11.3 Å². The molecule has 0 aliphatic heterocycles. The number of nitrogens with zero attached hydrogens (tertiary/aromatic N) is 2. The molecule has 0 bridgehead atoms. The summed E-state index contributed by atoms with van der Waals surface area (Å²) in [5.41, 5.74) is 0.789. The van der Waals surface area contributed by atoms with Gasteiger partial charge < -0.3 is 10.2 Å². The summed E-state index contributed by atoms with van der Waals surface area (Å²) < 4.78 is 37.6. The molecule has 3 nitrogen and oxygen atoms in total. The van der Waals surface area contributed by atoms with Gasteiger partial charge in [-0.2, -0.15) is 13.2 Å². The summed E-state index contributed by atoms with van der Waals surface area (Å²) in [4.78, 5) is 6.50. The van der Waals surface area contributed by atoms with Crippen molar-refractivity contribution < 1.29 is 13.2 Å². The maximum absolute atomic E-state index is 12.5. The number of rotatable bonds is 5. The zero-order valence-corrected chi connectivity index (χ0v) is 11.7. The molecule has 0 fully saturated rings. The first-order valence-electron chi connectivity index (χ1n) is 5.69. The highest BCUT2D eigenvalue weighted by atomic mass is 32.1. The van der Waals surface area contributed by atoms with E-state index in [-0.39, 0.29) is 6.04 Å². The van der Waals surface area contributed by atoms with Gasteiger partial charge in [0, 0.05) is 17.5 Å². The molecule has 1 rings (SSSR count). The van der Waals surface area contributed by atoms with Crippen molar-refractivity contribution in [3.8, 4) is 0 Å². The van der Waals surface area contributed by atoms with Crippen molar-refractivity contribution in [2.45, 2.75) is 39.5 Å². The quantitative estimate of drug-likeness (QED) is 0.899. The monoisotopic (exact) mass is 281 g/mol. The summed E-state index contributed by atoms with van der Waals surface area (Å²) in [5.74, 6) is 0. The van der Waals surface area contributed by atoms with Gasteiger partial charge in [0.15, 0.2) is 5.13 Å².